The Labute approximate surface area is 123 Å². The molecule has 0 aliphatic carbocycles. The Morgan fingerprint density at radius 1 is 1.40 bits per heavy atom. The highest BCUT2D eigenvalue weighted by Gasteiger charge is 2.11. The lowest BCUT2D eigenvalue weighted by molar-refractivity contribution is 0.579. The lowest BCUT2D eigenvalue weighted by Gasteiger charge is -2.09. The van der Waals surface area contributed by atoms with Crippen LogP contribution in [0.2, 0.25) is 5.02 Å². The van der Waals surface area contributed by atoms with Gasteiger partial charge in [-0.1, -0.05) is 24.6 Å². The molecular weight excluding hydrogens is 277 g/mol. The molecule has 0 fully saturated rings. The number of nitrogens with one attached hydrogen (secondary N) is 1. The predicted molar refractivity (Wildman–Crippen MR) is 79.5 cm³/mol. The van der Waals surface area contributed by atoms with E-state index in [0.717, 1.165) is 30.8 Å². The van der Waals surface area contributed by atoms with E-state index in [1.54, 1.807) is 16.8 Å². The molecule has 0 bridgehead atoms. The van der Waals surface area contributed by atoms with Crippen molar-refractivity contribution in [3.63, 3.8) is 0 Å². The molecule has 0 unspecified atom stereocenters. The van der Waals surface area contributed by atoms with Gasteiger partial charge >= 0.3 is 0 Å². The maximum atomic E-state index is 13.8. The number of halogens is 2. The van der Waals surface area contributed by atoms with Crippen molar-refractivity contribution in [1.82, 2.24) is 15.1 Å². The second-order valence-electron chi connectivity index (χ2n) is 4.79. The maximum absolute atomic E-state index is 13.8. The Morgan fingerprint density at radius 2 is 2.20 bits per heavy atom. The molecule has 2 rings (SSSR count). The first-order valence-electron chi connectivity index (χ1n) is 6.78. The van der Waals surface area contributed by atoms with Gasteiger partial charge in [0.15, 0.2) is 0 Å². The average molecular weight is 296 g/mol. The SMILES string of the molecule is CCCNCc1cnn(Cc2c(F)cccc2Cl)c1C. The second kappa shape index (κ2) is 6.86. The van der Waals surface area contributed by atoms with Gasteiger partial charge in [0.1, 0.15) is 5.82 Å². The van der Waals surface area contributed by atoms with E-state index in [4.69, 9.17) is 11.6 Å². The summed E-state index contributed by atoms with van der Waals surface area (Å²) in [5.41, 5.74) is 2.65. The van der Waals surface area contributed by atoms with Gasteiger partial charge in [-0.15, -0.1) is 0 Å². The summed E-state index contributed by atoms with van der Waals surface area (Å²) in [7, 11) is 0. The van der Waals surface area contributed by atoms with E-state index in [-0.39, 0.29) is 5.82 Å². The summed E-state index contributed by atoms with van der Waals surface area (Å²) in [4.78, 5) is 0. The van der Waals surface area contributed by atoms with Gasteiger partial charge in [0.25, 0.3) is 0 Å². The van der Waals surface area contributed by atoms with Gasteiger partial charge in [0.2, 0.25) is 0 Å². The standard InChI is InChI=1S/C15H19ClFN3/c1-3-7-18-8-12-9-19-20(11(12)2)10-13-14(16)5-4-6-15(13)17/h4-6,9,18H,3,7-8,10H2,1-2H3. The summed E-state index contributed by atoms with van der Waals surface area (Å²) in [6, 6.07) is 4.73. The molecule has 1 heterocycles. The molecule has 0 amide bonds. The minimum absolute atomic E-state index is 0.293. The van der Waals surface area contributed by atoms with Gasteiger partial charge in [-0.2, -0.15) is 5.10 Å². The fourth-order valence-corrected chi connectivity index (χ4v) is 2.27. The van der Waals surface area contributed by atoms with Crippen LogP contribution in [-0.2, 0) is 13.1 Å². The van der Waals surface area contributed by atoms with Crippen LogP contribution < -0.4 is 5.32 Å². The van der Waals surface area contributed by atoms with Crippen molar-refractivity contribution < 1.29 is 4.39 Å². The van der Waals surface area contributed by atoms with Crippen molar-refractivity contribution >= 4 is 11.6 Å². The van der Waals surface area contributed by atoms with Crippen LogP contribution in [0.5, 0.6) is 0 Å². The molecule has 0 radical (unpaired) electrons. The number of hydrogen-bond donors (Lipinski definition) is 1. The highest BCUT2D eigenvalue weighted by Crippen LogP contribution is 2.21. The van der Waals surface area contributed by atoms with E-state index >= 15 is 0 Å². The zero-order valence-electron chi connectivity index (χ0n) is 11.8. The van der Waals surface area contributed by atoms with E-state index in [0.29, 0.717) is 17.1 Å². The van der Waals surface area contributed by atoms with Gasteiger partial charge < -0.3 is 5.32 Å². The Balaban J connectivity index is 2.14. The second-order valence-corrected chi connectivity index (χ2v) is 5.20. The molecule has 0 saturated carbocycles. The zero-order chi connectivity index (χ0) is 14.5. The molecule has 0 aliphatic rings. The first-order valence-corrected chi connectivity index (χ1v) is 7.16. The van der Waals surface area contributed by atoms with Crippen molar-refractivity contribution in [3.8, 4) is 0 Å². The third-order valence-corrected chi connectivity index (χ3v) is 3.67. The number of benzene rings is 1. The van der Waals surface area contributed by atoms with Gasteiger partial charge in [-0.3, -0.25) is 4.68 Å². The molecule has 1 N–H and O–H groups in total. The van der Waals surface area contributed by atoms with Gasteiger partial charge in [-0.05, 0) is 32.0 Å². The Bertz CT molecular complexity index is 560. The lowest BCUT2D eigenvalue weighted by Crippen LogP contribution is -2.14. The molecule has 2 aromatic rings. The van der Waals surface area contributed by atoms with Crippen LogP contribution in [0.25, 0.3) is 0 Å². The molecule has 0 saturated heterocycles. The molecule has 5 heteroatoms. The largest absolute Gasteiger partial charge is 0.313 e. The summed E-state index contributed by atoms with van der Waals surface area (Å²) in [5.74, 6) is -0.293. The van der Waals surface area contributed by atoms with Crippen LogP contribution in [0, 0.1) is 12.7 Å². The average Bonchev–Trinajstić information content (AvgIpc) is 2.76. The summed E-state index contributed by atoms with van der Waals surface area (Å²) in [6.07, 6.45) is 2.92. The lowest BCUT2D eigenvalue weighted by atomic mass is 10.2. The van der Waals surface area contributed by atoms with Crippen molar-refractivity contribution in [3.05, 3.63) is 52.1 Å². The Kier molecular flexibility index (Phi) is 5.15. The van der Waals surface area contributed by atoms with Gasteiger partial charge in [0.05, 0.1) is 12.7 Å². The zero-order valence-corrected chi connectivity index (χ0v) is 12.5. The minimum atomic E-state index is -0.293. The Hall–Kier alpha value is -1.39. The maximum Gasteiger partial charge on any atom is 0.129 e. The van der Waals surface area contributed by atoms with E-state index in [9.17, 15) is 4.39 Å². The smallest absolute Gasteiger partial charge is 0.129 e. The molecule has 1 aromatic carbocycles. The highest BCUT2D eigenvalue weighted by atomic mass is 35.5. The van der Waals surface area contributed by atoms with E-state index in [1.807, 2.05) is 13.1 Å². The normalized spacial score (nSPS) is 11.0. The predicted octanol–water partition coefficient (Wildman–Crippen LogP) is 3.53. The fraction of sp³-hybridized carbons (Fsp3) is 0.400. The molecule has 20 heavy (non-hydrogen) atoms. The first kappa shape index (κ1) is 15.0. The van der Waals surface area contributed by atoms with E-state index in [1.165, 1.54) is 6.07 Å². The van der Waals surface area contributed by atoms with Crippen LogP contribution >= 0.6 is 11.6 Å². The summed E-state index contributed by atoms with van der Waals surface area (Å²) >= 11 is 6.05. The van der Waals surface area contributed by atoms with Crippen molar-refractivity contribution in [2.24, 2.45) is 0 Å². The van der Waals surface area contributed by atoms with Gasteiger partial charge in [0, 0.05) is 28.4 Å². The van der Waals surface area contributed by atoms with Crippen LogP contribution in [0.3, 0.4) is 0 Å². The van der Waals surface area contributed by atoms with Crippen molar-refractivity contribution in [2.75, 3.05) is 6.54 Å². The topological polar surface area (TPSA) is 29.9 Å². The van der Waals surface area contributed by atoms with E-state index < -0.39 is 0 Å². The number of aromatic nitrogens is 2. The molecule has 3 nitrogen and oxygen atoms in total. The molecule has 0 atom stereocenters. The molecule has 0 spiro atoms. The number of nitrogens with zero attached hydrogens (tertiary/aromatic N) is 2. The van der Waals surface area contributed by atoms with Crippen LogP contribution in [-0.4, -0.2) is 16.3 Å². The van der Waals surface area contributed by atoms with Crippen LogP contribution in [0.1, 0.15) is 30.2 Å². The van der Waals surface area contributed by atoms with Gasteiger partial charge in [-0.25, -0.2) is 4.39 Å². The third kappa shape index (κ3) is 3.38. The molecule has 0 aliphatic heterocycles. The van der Waals surface area contributed by atoms with Crippen molar-refractivity contribution in [1.29, 1.82) is 0 Å². The summed E-state index contributed by atoms with van der Waals surface area (Å²) in [6.45, 7) is 6.23. The van der Waals surface area contributed by atoms with Crippen LogP contribution in [0.15, 0.2) is 24.4 Å². The molecule has 1 aromatic heterocycles. The van der Waals surface area contributed by atoms with Crippen molar-refractivity contribution in [2.45, 2.75) is 33.4 Å². The quantitative estimate of drug-likeness (QED) is 0.826. The number of hydrogen-bond acceptors (Lipinski definition) is 2. The highest BCUT2D eigenvalue weighted by molar-refractivity contribution is 6.31. The third-order valence-electron chi connectivity index (χ3n) is 3.32. The Morgan fingerprint density at radius 3 is 2.90 bits per heavy atom. The van der Waals surface area contributed by atoms with Crippen LogP contribution in [0.4, 0.5) is 4.39 Å². The minimum Gasteiger partial charge on any atom is -0.313 e. The van der Waals surface area contributed by atoms with E-state index in [2.05, 4.69) is 17.3 Å². The molecular formula is C15H19ClFN3. The fourth-order valence-electron chi connectivity index (χ4n) is 2.05. The monoisotopic (exact) mass is 295 g/mol. The summed E-state index contributed by atoms with van der Waals surface area (Å²) in [5, 5.41) is 8.10. The number of rotatable bonds is 6. The first-order chi connectivity index (χ1) is 9.63. The molecule has 108 valence electrons. The summed E-state index contributed by atoms with van der Waals surface area (Å²) < 4.78 is 15.6.